The third-order valence-electron chi connectivity index (χ3n) is 3.42. The Balaban J connectivity index is 2.27. The van der Waals surface area contributed by atoms with E-state index in [4.69, 9.17) is 0 Å². The highest BCUT2D eigenvalue weighted by molar-refractivity contribution is 4.81. The molecular formula is C12H25NO. The van der Waals surface area contributed by atoms with Crippen LogP contribution in [0.4, 0.5) is 0 Å². The van der Waals surface area contributed by atoms with E-state index >= 15 is 0 Å². The van der Waals surface area contributed by atoms with E-state index in [0.29, 0.717) is 12.6 Å². The predicted molar refractivity (Wildman–Crippen MR) is 60.3 cm³/mol. The molecule has 0 heterocycles. The average Bonchev–Trinajstić information content (AvgIpc) is 2.06. The zero-order valence-electron chi connectivity index (χ0n) is 10.0. The summed E-state index contributed by atoms with van der Waals surface area (Å²) in [6.07, 6.45) is 3.85. The second-order valence-corrected chi connectivity index (χ2v) is 5.66. The summed E-state index contributed by atoms with van der Waals surface area (Å²) in [4.78, 5) is 0. The highest BCUT2D eigenvalue weighted by Gasteiger charge is 2.25. The molecule has 0 aromatic heterocycles. The Morgan fingerprint density at radius 3 is 2.36 bits per heavy atom. The van der Waals surface area contributed by atoms with Gasteiger partial charge in [0, 0.05) is 12.6 Å². The molecule has 1 fully saturated rings. The Morgan fingerprint density at radius 2 is 1.86 bits per heavy atom. The fourth-order valence-corrected chi connectivity index (χ4v) is 2.13. The van der Waals surface area contributed by atoms with Crippen molar-refractivity contribution in [3.63, 3.8) is 0 Å². The number of aliphatic hydroxyl groups is 1. The number of hydrogen-bond donors (Lipinski definition) is 2. The summed E-state index contributed by atoms with van der Waals surface area (Å²) in [7, 11) is 0. The molecule has 0 aromatic rings. The lowest BCUT2D eigenvalue weighted by Crippen LogP contribution is -2.43. The van der Waals surface area contributed by atoms with E-state index in [0.717, 1.165) is 11.8 Å². The SMILES string of the molecule is C[C@@H]1CC[C@H](NCC(C)(C)O)C[C@H]1C. The van der Waals surface area contributed by atoms with Gasteiger partial charge in [0.2, 0.25) is 0 Å². The Hall–Kier alpha value is -0.0800. The van der Waals surface area contributed by atoms with E-state index in [-0.39, 0.29) is 0 Å². The highest BCUT2D eigenvalue weighted by atomic mass is 16.3. The standard InChI is InChI=1S/C12H25NO/c1-9-5-6-11(7-10(9)2)13-8-12(3,4)14/h9-11,13-14H,5-8H2,1-4H3/t9-,10-,11+/m1/s1. The molecule has 2 N–H and O–H groups in total. The summed E-state index contributed by atoms with van der Waals surface area (Å²) in [6, 6.07) is 0.618. The van der Waals surface area contributed by atoms with Crippen LogP contribution in [0.2, 0.25) is 0 Å². The first-order chi connectivity index (χ1) is 6.38. The molecule has 0 saturated heterocycles. The van der Waals surface area contributed by atoms with Crippen LogP contribution in [-0.2, 0) is 0 Å². The smallest absolute Gasteiger partial charge is 0.0715 e. The van der Waals surface area contributed by atoms with E-state index in [1.54, 1.807) is 0 Å². The predicted octanol–water partition coefficient (Wildman–Crippen LogP) is 2.17. The quantitative estimate of drug-likeness (QED) is 0.730. The lowest BCUT2D eigenvalue weighted by molar-refractivity contribution is 0.0715. The molecule has 84 valence electrons. The number of hydrogen-bond acceptors (Lipinski definition) is 2. The van der Waals surface area contributed by atoms with Gasteiger partial charge < -0.3 is 10.4 Å². The first kappa shape index (κ1) is 12.0. The fourth-order valence-electron chi connectivity index (χ4n) is 2.13. The van der Waals surface area contributed by atoms with Crippen molar-refractivity contribution in [1.82, 2.24) is 5.32 Å². The van der Waals surface area contributed by atoms with Crippen molar-refractivity contribution >= 4 is 0 Å². The van der Waals surface area contributed by atoms with E-state index in [1.165, 1.54) is 19.3 Å². The zero-order valence-corrected chi connectivity index (χ0v) is 10.0. The van der Waals surface area contributed by atoms with E-state index in [2.05, 4.69) is 19.2 Å². The Morgan fingerprint density at radius 1 is 1.21 bits per heavy atom. The summed E-state index contributed by atoms with van der Waals surface area (Å²) in [6.45, 7) is 9.10. The van der Waals surface area contributed by atoms with Crippen LogP contribution in [0.5, 0.6) is 0 Å². The molecule has 3 atom stereocenters. The minimum atomic E-state index is -0.577. The molecule has 1 aliphatic carbocycles. The molecule has 0 aliphatic heterocycles. The third-order valence-corrected chi connectivity index (χ3v) is 3.42. The van der Waals surface area contributed by atoms with Crippen LogP contribution in [0.25, 0.3) is 0 Å². The maximum Gasteiger partial charge on any atom is 0.0715 e. The zero-order chi connectivity index (χ0) is 10.8. The van der Waals surface area contributed by atoms with Crippen LogP contribution in [0.1, 0.15) is 47.0 Å². The van der Waals surface area contributed by atoms with Gasteiger partial charge in [0.15, 0.2) is 0 Å². The van der Waals surface area contributed by atoms with Gasteiger partial charge in [-0.3, -0.25) is 0 Å². The maximum atomic E-state index is 9.60. The van der Waals surface area contributed by atoms with E-state index < -0.39 is 5.60 Å². The first-order valence-corrected chi connectivity index (χ1v) is 5.84. The van der Waals surface area contributed by atoms with Gasteiger partial charge in [-0.15, -0.1) is 0 Å². The summed E-state index contributed by atoms with van der Waals surface area (Å²) >= 11 is 0. The minimum absolute atomic E-state index is 0.577. The summed E-state index contributed by atoms with van der Waals surface area (Å²) in [5, 5.41) is 13.1. The second kappa shape index (κ2) is 4.63. The molecule has 1 saturated carbocycles. The van der Waals surface area contributed by atoms with Crippen LogP contribution in [0, 0.1) is 11.8 Å². The number of rotatable bonds is 3. The van der Waals surface area contributed by atoms with Crippen molar-refractivity contribution in [2.75, 3.05) is 6.54 Å². The van der Waals surface area contributed by atoms with Crippen molar-refractivity contribution in [2.24, 2.45) is 11.8 Å². The normalized spacial score (nSPS) is 34.5. The van der Waals surface area contributed by atoms with Gasteiger partial charge in [-0.05, 0) is 44.9 Å². The summed E-state index contributed by atoms with van der Waals surface area (Å²) in [5.41, 5.74) is -0.577. The van der Waals surface area contributed by atoms with Gasteiger partial charge in [0.25, 0.3) is 0 Å². The number of nitrogens with one attached hydrogen (secondary N) is 1. The topological polar surface area (TPSA) is 32.3 Å². The third kappa shape index (κ3) is 3.97. The molecule has 0 unspecified atom stereocenters. The molecule has 2 heteroatoms. The van der Waals surface area contributed by atoms with Gasteiger partial charge in [0.05, 0.1) is 5.60 Å². The molecule has 0 radical (unpaired) electrons. The molecule has 14 heavy (non-hydrogen) atoms. The maximum absolute atomic E-state index is 9.60. The van der Waals surface area contributed by atoms with Gasteiger partial charge in [-0.25, -0.2) is 0 Å². The van der Waals surface area contributed by atoms with Crippen LogP contribution in [-0.4, -0.2) is 23.3 Å². The minimum Gasteiger partial charge on any atom is -0.389 e. The summed E-state index contributed by atoms with van der Waals surface area (Å²) in [5.74, 6) is 1.69. The van der Waals surface area contributed by atoms with Crippen molar-refractivity contribution in [2.45, 2.75) is 58.6 Å². The first-order valence-electron chi connectivity index (χ1n) is 5.84. The summed E-state index contributed by atoms with van der Waals surface area (Å²) < 4.78 is 0. The molecular weight excluding hydrogens is 174 g/mol. The highest BCUT2D eigenvalue weighted by Crippen LogP contribution is 2.29. The van der Waals surface area contributed by atoms with Crippen molar-refractivity contribution < 1.29 is 5.11 Å². The molecule has 1 rings (SSSR count). The van der Waals surface area contributed by atoms with Gasteiger partial charge >= 0.3 is 0 Å². The molecule has 0 spiro atoms. The molecule has 0 bridgehead atoms. The van der Waals surface area contributed by atoms with Gasteiger partial charge in [-0.1, -0.05) is 13.8 Å². The van der Waals surface area contributed by atoms with Gasteiger partial charge in [-0.2, -0.15) is 0 Å². The Bertz CT molecular complexity index is 174. The van der Waals surface area contributed by atoms with Crippen LogP contribution >= 0.6 is 0 Å². The second-order valence-electron chi connectivity index (χ2n) is 5.66. The van der Waals surface area contributed by atoms with Crippen molar-refractivity contribution in [1.29, 1.82) is 0 Å². The molecule has 0 aromatic carbocycles. The van der Waals surface area contributed by atoms with Crippen LogP contribution in [0.3, 0.4) is 0 Å². The van der Waals surface area contributed by atoms with Crippen molar-refractivity contribution in [3.05, 3.63) is 0 Å². The lowest BCUT2D eigenvalue weighted by Gasteiger charge is -2.34. The molecule has 2 nitrogen and oxygen atoms in total. The van der Waals surface area contributed by atoms with Crippen molar-refractivity contribution in [3.8, 4) is 0 Å². The van der Waals surface area contributed by atoms with Crippen LogP contribution in [0.15, 0.2) is 0 Å². The largest absolute Gasteiger partial charge is 0.389 e. The van der Waals surface area contributed by atoms with Crippen LogP contribution < -0.4 is 5.32 Å². The Labute approximate surface area is 88.1 Å². The monoisotopic (exact) mass is 199 g/mol. The van der Waals surface area contributed by atoms with Gasteiger partial charge in [0.1, 0.15) is 0 Å². The lowest BCUT2D eigenvalue weighted by atomic mass is 9.79. The average molecular weight is 199 g/mol. The molecule has 1 aliphatic rings. The fraction of sp³-hybridized carbons (Fsp3) is 1.00. The molecule has 0 amide bonds. The van der Waals surface area contributed by atoms with E-state index in [1.807, 2.05) is 13.8 Å². The Kier molecular flexibility index (Phi) is 3.96. The van der Waals surface area contributed by atoms with E-state index in [9.17, 15) is 5.11 Å².